The molecule has 15 nitrogen and oxygen atoms in total. The van der Waals surface area contributed by atoms with E-state index in [2.05, 4.69) is 27.3 Å². The van der Waals surface area contributed by atoms with Crippen LogP contribution in [0.15, 0.2) is 48.1 Å². The largest absolute Gasteiger partial charge is 0.458 e. The highest BCUT2D eigenvalue weighted by Crippen LogP contribution is 2.29. The molecule has 4 N–H and O–H groups in total. The maximum Gasteiger partial charge on any atom is 0.329 e. The third-order valence-corrected chi connectivity index (χ3v) is 9.03. The number of carbonyl (C=O) groups is 7. The molecule has 0 saturated carbocycles. The van der Waals surface area contributed by atoms with Gasteiger partial charge in [-0.3, -0.25) is 33.7 Å². The summed E-state index contributed by atoms with van der Waals surface area (Å²) in [7, 11) is 3.21. The minimum Gasteiger partial charge on any atom is -0.458 e. The third kappa shape index (κ3) is 13.5. The molecule has 0 radical (unpaired) electrons. The van der Waals surface area contributed by atoms with Gasteiger partial charge in [-0.05, 0) is 64.3 Å². The molecule has 300 valence electrons. The summed E-state index contributed by atoms with van der Waals surface area (Å²) in [5.74, 6) is -3.54. The topological polar surface area (TPSA) is 207 Å². The van der Waals surface area contributed by atoms with Crippen molar-refractivity contribution in [2.24, 2.45) is 5.41 Å². The number of ether oxygens (including phenoxy) is 1. The Bertz CT molecular complexity index is 1710. The number of nitriles is 1. The lowest BCUT2D eigenvalue weighted by atomic mass is 9.76. The summed E-state index contributed by atoms with van der Waals surface area (Å²) in [6.07, 6.45) is 3.56. The molecule has 0 saturated heterocycles. The van der Waals surface area contributed by atoms with Crippen LogP contribution in [-0.4, -0.2) is 109 Å². The van der Waals surface area contributed by atoms with Crippen molar-refractivity contribution >= 4 is 41.4 Å². The van der Waals surface area contributed by atoms with Crippen molar-refractivity contribution in [1.82, 2.24) is 31.1 Å². The number of rotatable bonds is 17. The molecule has 0 aromatic heterocycles. The molecule has 15 heteroatoms. The Morgan fingerprint density at radius 2 is 1.58 bits per heavy atom. The number of hydrogen-bond donors (Lipinski definition) is 4. The lowest BCUT2D eigenvalue weighted by molar-refractivity contribution is -0.158. The first kappa shape index (κ1) is 45.8. The fraction of sp³-hybridized carbons (Fsp3) is 0.550. The molecule has 6 amide bonds. The van der Waals surface area contributed by atoms with Gasteiger partial charge in [-0.2, -0.15) is 5.26 Å². The van der Waals surface area contributed by atoms with E-state index in [0.29, 0.717) is 5.56 Å². The predicted octanol–water partition coefficient (Wildman–Crippen LogP) is 2.01. The number of amides is 6. The molecule has 1 aromatic rings. The Kier molecular flexibility index (Phi) is 16.1. The molecule has 0 bridgehead atoms. The zero-order valence-electron chi connectivity index (χ0n) is 33.9. The molecule has 0 aliphatic carbocycles. The quantitative estimate of drug-likeness (QED) is 0.103. The van der Waals surface area contributed by atoms with E-state index in [0.717, 1.165) is 22.6 Å². The van der Waals surface area contributed by atoms with Crippen LogP contribution in [0.1, 0.15) is 86.3 Å². The molecule has 1 aliphatic rings. The van der Waals surface area contributed by atoms with E-state index in [1.54, 1.807) is 53.1 Å². The van der Waals surface area contributed by atoms with Crippen molar-refractivity contribution in [3.05, 3.63) is 59.2 Å². The van der Waals surface area contributed by atoms with Gasteiger partial charge in [-0.1, -0.05) is 52.8 Å². The van der Waals surface area contributed by atoms with E-state index in [1.807, 2.05) is 40.7 Å². The van der Waals surface area contributed by atoms with Crippen molar-refractivity contribution in [1.29, 1.82) is 5.26 Å². The number of nitrogens with one attached hydrogen (secondary N) is 4. The van der Waals surface area contributed by atoms with Crippen LogP contribution in [0, 0.1) is 16.7 Å². The van der Waals surface area contributed by atoms with Crippen LogP contribution in [0.3, 0.4) is 0 Å². The van der Waals surface area contributed by atoms with Gasteiger partial charge >= 0.3 is 5.97 Å². The first-order valence-electron chi connectivity index (χ1n) is 18.2. The number of imide groups is 1. The van der Waals surface area contributed by atoms with E-state index in [1.165, 1.54) is 17.9 Å². The maximum atomic E-state index is 13.8. The van der Waals surface area contributed by atoms with Crippen molar-refractivity contribution in [2.45, 2.75) is 104 Å². The van der Waals surface area contributed by atoms with Gasteiger partial charge < -0.3 is 30.9 Å². The second kappa shape index (κ2) is 19.3. The Morgan fingerprint density at radius 3 is 2.13 bits per heavy atom. The maximum absolute atomic E-state index is 13.8. The normalized spacial score (nSPS) is 15.1. The number of likely N-dealkylation sites (N-methyl/N-ethyl adjacent to an activating group) is 2. The highest BCUT2D eigenvalue weighted by Gasteiger charge is 2.41. The second-order valence-corrected chi connectivity index (χ2v) is 16.2. The fourth-order valence-electron chi connectivity index (χ4n) is 5.74. The van der Waals surface area contributed by atoms with Crippen LogP contribution in [0.4, 0.5) is 0 Å². The average Bonchev–Trinajstić information content (AvgIpc) is 3.41. The Balaban J connectivity index is 2.12. The number of carbonyl (C=O) groups excluding carboxylic acids is 7. The van der Waals surface area contributed by atoms with Gasteiger partial charge in [-0.25, -0.2) is 4.79 Å². The minimum absolute atomic E-state index is 0.000504. The van der Waals surface area contributed by atoms with Gasteiger partial charge in [0, 0.05) is 56.2 Å². The molecule has 0 spiro atoms. The van der Waals surface area contributed by atoms with Gasteiger partial charge in [-0.15, -0.1) is 0 Å². The van der Waals surface area contributed by atoms with Gasteiger partial charge in [0.25, 0.3) is 11.8 Å². The first-order chi connectivity index (χ1) is 25.4. The van der Waals surface area contributed by atoms with Crippen molar-refractivity contribution in [3.8, 4) is 6.07 Å². The van der Waals surface area contributed by atoms with E-state index in [9.17, 15) is 38.8 Å². The smallest absolute Gasteiger partial charge is 0.329 e. The molecular formula is C40H57N7O8. The van der Waals surface area contributed by atoms with Crippen LogP contribution in [-0.2, 0) is 43.7 Å². The summed E-state index contributed by atoms with van der Waals surface area (Å²) in [6.45, 7) is 15.8. The standard InChI is InChI=1S/C40H57N7O8/c1-25(34(51)44-28(37(54)55-39(5,6)7)15-16-29(48)43-20-22-47-30(49)17-18-31(47)50)19-21-46(11)36(53)33(38(2,3)4)45-35(52)32(42-10)40(8,9)27-14-12-13-26(23-27)24-41/h12-14,17-19,23,28,32-33,42H,15-16,20-22H2,1-11H3,(H,43,48)(H,44,51)(H,45,52)/b25-19+/t28-,32-,33?/m1/s1. The van der Waals surface area contributed by atoms with Gasteiger partial charge in [0.15, 0.2) is 0 Å². The van der Waals surface area contributed by atoms with Gasteiger partial charge in [0.1, 0.15) is 17.7 Å². The van der Waals surface area contributed by atoms with E-state index in [4.69, 9.17) is 4.74 Å². The van der Waals surface area contributed by atoms with Crippen molar-refractivity contribution in [2.75, 3.05) is 33.7 Å². The van der Waals surface area contributed by atoms with Gasteiger partial charge in [0.05, 0.1) is 17.7 Å². The summed E-state index contributed by atoms with van der Waals surface area (Å²) >= 11 is 0. The molecule has 1 unspecified atom stereocenters. The molecule has 1 aliphatic heterocycles. The lowest BCUT2D eigenvalue weighted by Gasteiger charge is -2.38. The second-order valence-electron chi connectivity index (χ2n) is 16.2. The number of esters is 1. The molecule has 3 atom stereocenters. The molecule has 55 heavy (non-hydrogen) atoms. The van der Waals surface area contributed by atoms with Crippen LogP contribution >= 0.6 is 0 Å². The lowest BCUT2D eigenvalue weighted by Crippen LogP contribution is -2.60. The zero-order chi connectivity index (χ0) is 41.9. The van der Waals surface area contributed by atoms with Crippen molar-refractivity contribution < 1.29 is 38.3 Å². The summed E-state index contributed by atoms with van der Waals surface area (Å²) in [5.41, 5.74) is -0.897. The van der Waals surface area contributed by atoms with E-state index >= 15 is 0 Å². The monoisotopic (exact) mass is 763 g/mol. The summed E-state index contributed by atoms with van der Waals surface area (Å²) in [5, 5.41) is 20.6. The molecule has 1 heterocycles. The highest BCUT2D eigenvalue weighted by molar-refractivity contribution is 6.12. The van der Waals surface area contributed by atoms with E-state index < -0.39 is 76.0 Å². The number of nitrogens with zero attached hydrogens (tertiary/aromatic N) is 3. The zero-order valence-corrected chi connectivity index (χ0v) is 33.9. The molecule has 2 rings (SSSR count). The number of hydrogen-bond acceptors (Lipinski definition) is 10. The predicted molar refractivity (Wildman–Crippen MR) is 206 cm³/mol. The van der Waals surface area contributed by atoms with Crippen LogP contribution in [0.2, 0.25) is 0 Å². The first-order valence-corrected chi connectivity index (χ1v) is 18.2. The van der Waals surface area contributed by atoms with Crippen LogP contribution in [0.25, 0.3) is 0 Å². The number of benzene rings is 1. The Labute approximate surface area is 324 Å². The summed E-state index contributed by atoms with van der Waals surface area (Å²) in [6, 6.07) is 6.27. The van der Waals surface area contributed by atoms with Crippen molar-refractivity contribution in [3.63, 3.8) is 0 Å². The molecule has 1 aromatic carbocycles. The average molecular weight is 764 g/mol. The van der Waals surface area contributed by atoms with Gasteiger partial charge in [0.2, 0.25) is 23.6 Å². The van der Waals surface area contributed by atoms with E-state index in [-0.39, 0.29) is 38.0 Å². The summed E-state index contributed by atoms with van der Waals surface area (Å²) < 4.78 is 5.49. The minimum atomic E-state index is -1.18. The molecular weight excluding hydrogens is 706 g/mol. The van der Waals surface area contributed by atoms with Crippen LogP contribution in [0.5, 0.6) is 0 Å². The third-order valence-electron chi connectivity index (χ3n) is 9.03. The summed E-state index contributed by atoms with van der Waals surface area (Å²) in [4.78, 5) is 92.4. The Morgan fingerprint density at radius 1 is 0.964 bits per heavy atom. The SMILES string of the molecule is CN[C@H](C(=O)NC(C(=O)N(C)C/C=C(\C)C(=O)N[C@H](CCC(=O)NCCN1C(=O)C=CC1=O)C(=O)OC(C)(C)C)C(C)(C)C)C(C)(C)c1cccc(C#N)c1. The van der Waals surface area contributed by atoms with Crippen LogP contribution < -0.4 is 21.3 Å². The molecule has 0 fully saturated rings. The highest BCUT2D eigenvalue weighted by atomic mass is 16.6. The Hall–Kier alpha value is -5.36. The fourth-order valence-corrected chi connectivity index (χ4v) is 5.74.